The van der Waals surface area contributed by atoms with E-state index in [-0.39, 0.29) is 37.5 Å². The van der Waals surface area contributed by atoms with E-state index in [2.05, 4.69) is 5.32 Å². The molecule has 0 aromatic carbocycles. The molecule has 68 valence electrons. The normalized spacial score (nSPS) is 36.8. The molecule has 4 N–H and O–H groups in total. The van der Waals surface area contributed by atoms with Gasteiger partial charge in [-0.15, -0.1) is 12.4 Å². The maximum Gasteiger partial charge on any atom is 0.110 e. The quantitative estimate of drug-likeness (QED) is 0.423. The molecule has 0 radical (unpaired) electrons. The Hall–Kier alpha value is 0.130. The Morgan fingerprint density at radius 2 is 1.91 bits per heavy atom. The average molecular weight is 184 g/mol. The number of aliphatic hydroxyl groups is 3. The van der Waals surface area contributed by atoms with Gasteiger partial charge >= 0.3 is 0 Å². The van der Waals surface area contributed by atoms with Crippen LogP contribution >= 0.6 is 12.4 Å². The topological polar surface area (TPSA) is 72.7 Å². The van der Waals surface area contributed by atoms with E-state index >= 15 is 0 Å². The van der Waals surface area contributed by atoms with Gasteiger partial charge in [0.2, 0.25) is 0 Å². The maximum atomic E-state index is 9.11. The molecule has 5 heteroatoms. The van der Waals surface area contributed by atoms with E-state index in [1.165, 1.54) is 0 Å². The van der Waals surface area contributed by atoms with Gasteiger partial charge in [-0.05, 0) is 0 Å². The van der Waals surface area contributed by atoms with Crippen molar-refractivity contribution in [2.75, 3.05) is 19.8 Å². The summed E-state index contributed by atoms with van der Waals surface area (Å²) >= 11 is 0. The molecule has 1 aliphatic heterocycles. The van der Waals surface area contributed by atoms with Crippen molar-refractivity contribution in [2.24, 2.45) is 11.8 Å². The molecule has 0 aromatic rings. The van der Waals surface area contributed by atoms with Crippen molar-refractivity contribution in [1.29, 1.82) is 0 Å². The number of nitrogens with one attached hydrogen (secondary N) is 1. The standard InChI is InChI=1S/C6H13NO3.ClH/c8-2-4-1-7-6(10)5(4)3-9;/h4-10H,1-3H2;1H/t4-,5+,6-;/m1./s1. The molecule has 1 fully saturated rings. The smallest absolute Gasteiger partial charge is 0.110 e. The van der Waals surface area contributed by atoms with Crippen LogP contribution in [0.1, 0.15) is 0 Å². The van der Waals surface area contributed by atoms with Crippen molar-refractivity contribution >= 4 is 12.4 Å². The monoisotopic (exact) mass is 183 g/mol. The van der Waals surface area contributed by atoms with Crippen LogP contribution in [0.2, 0.25) is 0 Å². The van der Waals surface area contributed by atoms with Gasteiger partial charge in [0.1, 0.15) is 6.23 Å². The first-order chi connectivity index (χ1) is 4.79. The zero-order chi connectivity index (χ0) is 7.56. The Bertz CT molecular complexity index is 114. The summed E-state index contributed by atoms with van der Waals surface area (Å²) in [5.41, 5.74) is 0. The van der Waals surface area contributed by atoms with Gasteiger partial charge in [-0.25, -0.2) is 0 Å². The Morgan fingerprint density at radius 1 is 1.27 bits per heavy atom. The van der Waals surface area contributed by atoms with Crippen molar-refractivity contribution in [3.8, 4) is 0 Å². The lowest BCUT2D eigenvalue weighted by Gasteiger charge is -2.15. The molecule has 4 nitrogen and oxygen atoms in total. The van der Waals surface area contributed by atoms with E-state index in [4.69, 9.17) is 15.3 Å². The van der Waals surface area contributed by atoms with Gasteiger partial charge in [0.05, 0.1) is 6.61 Å². The minimum Gasteiger partial charge on any atom is -0.396 e. The highest BCUT2D eigenvalue weighted by atomic mass is 35.5. The van der Waals surface area contributed by atoms with E-state index in [1.807, 2.05) is 0 Å². The SMILES string of the molecule is Cl.OC[C@H]1CN[C@H](O)[C@H]1CO. The highest BCUT2D eigenvalue weighted by Crippen LogP contribution is 2.19. The summed E-state index contributed by atoms with van der Waals surface area (Å²) in [6.07, 6.45) is -0.651. The van der Waals surface area contributed by atoms with Crippen LogP contribution in [-0.2, 0) is 0 Å². The minimum atomic E-state index is -0.651. The summed E-state index contributed by atoms with van der Waals surface area (Å²) in [6.45, 7) is 0.539. The molecule has 0 amide bonds. The molecule has 1 aliphatic rings. The fraction of sp³-hybridized carbons (Fsp3) is 1.00. The fourth-order valence-corrected chi connectivity index (χ4v) is 1.28. The van der Waals surface area contributed by atoms with E-state index in [1.54, 1.807) is 0 Å². The molecule has 3 atom stereocenters. The Kier molecular flexibility index (Phi) is 4.96. The summed E-state index contributed by atoms with van der Waals surface area (Å²) in [6, 6.07) is 0. The van der Waals surface area contributed by atoms with Crippen LogP contribution in [0.25, 0.3) is 0 Å². The van der Waals surface area contributed by atoms with Crippen molar-refractivity contribution in [1.82, 2.24) is 5.32 Å². The minimum absolute atomic E-state index is 0. The first kappa shape index (κ1) is 11.1. The fourth-order valence-electron chi connectivity index (χ4n) is 1.28. The molecule has 0 bridgehead atoms. The molecule has 1 heterocycles. The Balaban J connectivity index is 0.000001000. The van der Waals surface area contributed by atoms with Gasteiger partial charge in [-0.3, -0.25) is 5.32 Å². The van der Waals surface area contributed by atoms with Crippen LogP contribution in [-0.4, -0.2) is 41.3 Å². The van der Waals surface area contributed by atoms with Gasteiger partial charge in [-0.2, -0.15) is 0 Å². The third kappa shape index (κ3) is 2.28. The van der Waals surface area contributed by atoms with Crippen molar-refractivity contribution in [2.45, 2.75) is 6.23 Å². The van der Waals surface area contributed by atoms with Crippen molar-refractivity contribution < 1.29 is 15.3 Å². The number of halogens is 1. The van der Waals surface area contributed by atoms with Gasteiger partial charge in [0.15, 0.2) is 0 Å². The second kappa shape index (κ2) is 4.90. The molecule has 11 heavy (non-hydrogen) atoms. The zero-order valence-electron chi connectivity index (χ0n) is 6.10. The lowest BCUT2D eigenvalue weighted by atomic mass is 9.97. The third-order valence-electron chi connectivity index (χ3n) is 2.05. The van der Waals surface area contributed by atoms with Crippen LogP contribution in [0.5, 0.6) is 0 Å². The Morgan fingerprint density at radius 3 is 2.27 bits per heavy atom. The largest absolute Gasteiger partial charge is 0.396 e. The first-order valence-electron chi connectivity index (χ1n) is 3.42. The molecule has 0 spiro atoms. The number of hydrogen-bond donors (Lipinski definition) is 4. The molecule has 0 aliphatic carbocycles. The van der Waals surface area contributed by atoms with Crippen molar-refractivity contribution in [3.05, 3.63) is 0 Å². The third-order valence-corrected chi connectivity index (χ3v) is 2.05. The number of hydrogen-bond acceptors (Lipinski definition) is 4. The highest BCUT2D eigenvalue weighted by Gasteiger charge is 2.33. The van der Waals surface area contributed by atoms with Gasteiger partial charge in [0, 0.05) is 25.0 Å². The van der Waals surface area contributed by atoms with E-state index in [0.717, 1.165) is 0 Å². The molecule has 0 unspecified atom stereocenters. The summed E-state index contributed by atoms with van der Waals surface area (Å²) < 4.78 is 0. The van der Waals surface area contributed by atoms with E-state index in [9.17, 15) is 0 Å². The average Bonchev–Trinajstić information content (AvgIpc) is 2.30. The number of rotatable bonds is 2. The Labute approximate surface area is 71.6 Å². The summed E-state index contributed by atoms with van der Waals surface area (Å²) in [5.74, 6) is -0.204. The molecular weight excluding hydrogens is 170 g/mol. The van der Waals surface area contributed by atoms with Crippen LogP contribution in [0.15, 0.2) is 0 Å². The second-order valence-corrected chi connectivity index (χ2v) is 2.64. The van der Waals surface area contributed by atoms with Gasteiger partial charge < -0.3 is 15.3 Å². The second-order valence-electron chi connectivity index (χ2n) is 2.64. The van der Waals surface area contributed by atoms with Crippen molar-refractivity contribution in [3.63, 3.8) is 0 Å². The van der Waals surface area contributed by atoms with Gasteiger partial charge in [0.25, 0.3) is 0 Å². The van der Waals surface area contributed by atoms with Crippen LogP contribution in [0.3, 0.4) is 0 Å². The lowest BCUT2D eigenvalue weighted by Crippen LogP contribution is -2.29. The van der Waals surface area contributed by atoms with E-state index in [0.29, 0.717) is 6.54 Å². The van der Waals surface area contributed by atoms with Crippen LogP contribution in [0.4, 0.5) is 0 Å². The van der Waals surface area contributed by atoms with E-state index < -0.39 is 6.23 Å². The molecule has 1 rings (SSSR count). The predicted octanol–water partition coefficient (Wildman–Crippen LogP) is -1.45. The van der Waals surface area contributed by atoms with Gasteiger partial charge in [-0.1, -0.05) is 0 Å². The molecule has 1 saturated heterocycles. The lowest BCUT2D eigenvalue weighted by molar-refractivity contribution is 0.0482. The zero-order valence-corrected chi connectivity index (χ0v) is 6.92. The summed E-state index contributed by atoms with van der Waals surface area (Å²) in [5, 5.41) is 29.3. The van der Waals surface area contributed by atoms with Crippen LogP contribution < -0.4 is 5.32 Å². The first-order valence-corrected chi connectivity index (χ1v) is 3.42. The van der Waals surface area contributed by atoms with Crippen LogP contribution in [0, 0.1) is 11.8 Å². The maximum absolute atomic E-state index is 9.11. The number of aliphatic hydroxyl groups excluding tert-OH is 3. The highest BCUT2D eigenvalue weighted by molar-refractivity contribution is 5.85. The predicted molar refractivity (Wildman–Crippen MR) is 42.4 cm³/mol. The molecular formula is C6H14ClNO3. The molecule has 0 aromatic heterocycles. The molecule has 0 saturated carbocycles. The summed E-state index contributed by atoms with van der Waals surface area (Å²) in [4.78, 5) is 0. The summed E-state index contributed by atoms with van der Waals surface area (Å²) in [7, 11) is 0.